The molecule has 7 heteroatoms. The molecular formula is C24H27N3O3S. The number of thiophene rings is 1. The molecule has 3 heterocycles. The Balaban J connectivity index is 1.67. The maximum absolute atomic E-state index is 13.9. The van der Waals surface area contributed by atoms with E-state index in [1.807, 2.05) is 54.1 Å². The van der Waals surface area contributed by atoms with Crippen LogP contribution in [0.5, 0.6) is 5.75 Å². The third-order valence-electron chi connectivity index (χ3n) is 6.64. The second-order valence-electron chi connectivity index (χ2n) is 8.84. The second kappa shape index (κ2) is 7.41. The van der Waals surface area contributed by atoms with Gasteiger partial charge in [-0.25, -0.2) is 0 Å². The first-order valence-corrected chi connectivity index (χ1v) is 11.7. The number of hydrogen-bond acceptors (Lipinski definition) is 4. The van der Waals surface area contributed by atoms with Gasteiger partial charge in [0, 0.05) is 11.4 Å². The van der Waals surface area contributed by atoms with Crippen LogP contribution in [0.15, 0.2) is 35.7 Å². The Kier molecular flexibility index (Phi) is 4.81. The summed E-state index contributed by atoms with van der Waals surface area (Å²) < 4.78 is 7.62. The van der Waals surface area contributed by atoms with Crippen LogP contribution in [0.1, 0.15) is 48.7 Å². The Morgan fingerprint density at radius 3 is 2.74 bits per heavy atom. The second-order valence-corrected chi connectivity index (χ2v) is 9.74. The quantitative estimate of drug-likeness (QED) is 0.654. The Morgan fingerprint density at radius 2 is 2.00 bits per heavy atom. The van der Waals surface area contributed by atoms with Crippen molar-refractivity contribution in [3.63, 3.8) is 0 Å². The molecule has 1 unspecified atom stereocenters. The van der Waals surface area contributed by atoms with Crippen molar-refractivity contribution in [2.45, 2.75) is 57.7 Å². The van der Waals surface area contributed by atoms with Crippen LogP contribution >= 0.6 is 11.3 Å². The summed E-state index contributed by atoms with van der Waals surface area (Å²) in [6.07, 6.45) is 4.25. The highest BCUT2D eigenvalue weighted by Gasteiger charge is 2.50. The Bertz CT molecular complexity index is 1170. The molecular weight excluding hydrogens is 410 g/mol. The maximum Gasteiger partial charge on any atom is 0.276 e. The van der Waals surface area contributed by atoms with Gasteiger partial charge in [-0.05, 0) is 61.9 Å². The number of aromatic nitrogens is 1. The zero-order valence-electron chi connectivity index (χ0n) is 18.1. The lowest BCUT2D eigenvalue weighted by molar-refractivity contribution is -0.127. The topological polar surface area (TPSA) is 63.6 Å². The van der Waals surface area contributed by atoms with Crippen LogP contribution in [0.4, 0.5) is 5.69 Å². The van der Waals surface area contributed by atoms with Crippen molar-refractivity contribution in [3.8, 4) is 5.75 Å². The van der Waals surface area contributed by atoms with E-state index in [1.54, 1.807) is 23.3 Å². The minimum atomic E-state index is -1.08. The summed E-state index contributed by atoms with van der Waals surface area (Å²) in [7, 11) is 1.59. The smallest absolute Gasteiger partial charge is 0.276 e. The van der Waals surface area contributed by atoms with Crippen LogP contribution in [0.2, 0.25) is 0 Å². The highest BCUT2D eigenvalue weighted by atomic mass is 32.1. The molecule has 1 fully saturated rings. The van der Waals surface area contributed by atoms with Crippen molar-refractivity contribution < 1.29 is 14.3 Å². The third-order valence-corrected chi connectivity index (χ3v) is 7.59. The van der Waals surface area contributed by atoms with E-state index in [0.29, 0.717) is 23.7 Å². The van der Waals surface area contributed by atoms with Crippen molar-refractivity contribution in [1.29, 1.82) is 0 Å². The number of fused-ring (bicyclic) bond motifs is 3. The van der Waals surface area contributed by atoms with Gasteiger partial charge in [0.2, 0.25) is 5.91 Å². The van der Waals surface area contributed by atoms with Gasteiger partial charge < -0.3 is 14.6 Å². The predicted octanol–water partition coefficient (Wildman–Crippen LogP) is 4.50. The third kappa shape index (κ3) is 3.14. The summed E-state index contributed by atoms with van der Waals surface area (Å²) in [4.78, 5) is 30.3. The Labute approximate surface area is 185 Å². The summed E-state index contributed by atoms with van der Waals surface area (Å²) >= 11 is 1.60. The van der Waals surface area contributed by atoms with Gasteiger partial charge in [-0.1, -0.05) is 18.9 Å². The van der Waals surface area contributed by atoms with Crippen LogP contribution < -0.4 is 15.0 Å². The first-order valence-electron chi connectivity index (χ1n) is 10.8. The summed E-state index contributed by atoms with van der Waals surface area (Å²) in [6.45, 7) is 4.25. The number of benzene rings is 1. The van der Waals surface area contributed by atoms with Crippen LogP contribution in [0.25, 0.3) is 10.2 Å². The van der Waals surface area contributed by atoms with E-state index in [4.69, 9.17) is 4.74 Å². The number of nitrogens with zero attached hydrogens (tertiary/aromatic N) is 2. The molecule has 1 aromatic carbocycles. The minimum absolute atomic E-state index is 0.111. The molecule has 2 aliphatic rings. The standard InChI is InChI=1S/C24H27N3O3S/c1-15-8-9-20(30-3)18(12-15)27-21(28)19-13-16-10-11-31-22(16)26(19)14-24(27,2)23(29)25-17-6-4-5-7-17/h8-13,17H,4-7,14H2,1-3H3,(H,25,29). The molecule has 0 spiro atoms. The number of amides is 2. The molecule has 1 aliphatic heterocycles. The lowest BCUT2D eigenvalue weighted by atomic mass is 9.93. The average molecular weight is 438 g/mol. The average Bonchev–Trinajstić information content (AvgIpc) is 3.47. The molecule has 1 aliphatic carbocycles. The highest BCUT2D eigenvalue weighted by molar-refractivity contribution is 7.16. The van der Waals surface area contributed by atoms with E-state index in [-0.39, 0.29) is 17.9 Å². The lowest BCUT2D eigenvalue weighted by Gasteiger charge is -2.44. The van der Waals surface area contributed by atoms with E-state index in [0.717, 1.165) is 41.5 Å². The number of rotatable bonds is 4. The van der Waals surface area contributed by atoms with Gasteiger partial charge in [-0.3, -0.25) is 14.5 Å². The molecule has 0 saturated heterocycles. The van der Waals surface area contributed by atoms with Crippen molar-refractivity contribution in [2.75, 3.05) is 12.0 Å². The van der Waals surface area contributed by atoms with Gasteiger partial charge in [0.25, 0.3) is 5.91 Å². The summed E-state index contributed by atoms with van der Waals surface area (Å²) in [5, 5.41) is 6.30. The molecule has 6 nitrogen and oxygen atoms in total. The van der Waals surface area contributed by atoms with Crippen LogP contribution in [0, 0.1) is 6.92 Å². The molecule has 1 N–H and O–H groups in total. The van der Waals surface area contributed by atoms with Crippen molar-refractivity contribution in [1.82, 2.24) is 9.88 Å². The number of aryl methyl sites for hydroxylation is 1. The largest absolute Gasteiger partial charge is 0.495 e. The van der Waals surface area contributed by atoms with Crippen molar-refractivity contribution >= 4 is 39.1 Å². The SMILES string of the molecule is COc1ccc(C)cc1N1C(=O)c2cc3ccsc3n2CC1(C)C(=O)NC1CCCC1. The molecule has 3 aromatic rings. The van der Waals surface area contributed by atoms with Crippen LogP contribution in [-0.4, -0.2) is 35.1 Å². The molecule has 2 amide bonds. The number of nitrogens with one attached hydrogen (secondary N) is 1. The number of anilines is 1. The van der Waals surface area contributed by atoms with Crippen LogP contribution in [0.3, 0.4) is 0 Å². The van der Waals surface area contributed by atoms with E-state index < -0.39 is 5.54 Å². The number of methoxy groups -OCH3 is 1. The van der Waals surface area contributed by atoms with Gasteiger partial charge in [0.1, 0.15) is 21.8 Å². The Morgan fingerprint density at radius 1 is 1.23 bits per heavy atom. The van der Waals surface area contributed by atoms with Gasteiger partial charge >= 0.3 is 0 Å². The van der Waals surface area contributed by atoms with E-state index in [2.05, 4.69) is 5.32 Å². The van der Waals surface area contributed by atoms with Crippen molar-refractivity contribution in [2.24, 2.45) is 0 Å². The molecule has 0 radical (unpaired) electrons. The molecule has 2 aromatic heterocycles. The molecule has 1 atom stereocenters. The lowest BCUT2D eigenvalue weighted by Crippen LogP contribution is -2.65. The number of carbonyl (C=O) groups excluding carboxylic acids is 2. The van der Waals surface area contributed by atoms with E-state index in [1.165, 1.54) is 0 Å². The maximum atomic E-state index is 13.9. The van der Waals surface area contributed by atoms with Crippen molar-refractivity contribution in [3.05, 3.63) is 47.0 Å². The fourth-order valence-corrected chi connectivity index (χ4v) is 5.86. The zero-order chi connectivity index (χ0) is 21.8. The van der Waals surface area contributed by atoms with E-state index >= 15 is 0 Å². The molecule has 162 valence electrons. The number of carbonyl (C=O) groups is 2. The first kappa shape index (κ1) is 20.1. The van der Waals surface area contributed by atoms with Crippen LogP contribution in [-0.2, 0) is 11.3 Å². The van der Waals surface area contributed by atoms with Gasteiger partial charge in [0.05, 0.1) is 19.3 Å². The fraction of sp³-hybridized carbons (Fsp3) is 0.417. The Hall–Kier alpha value is -2.80. The highest BCUT2D eigenvalue weighted by Crippen LogP contribution is 2.41. The summed E-state index contributed by atoms with van der Waals surface area (Å²) in [5.74, 6) is 0.295. The molecule has 1 saturated carbocycles. The van der Waals surface area contributed by atoms with Gasteiger partial charge in [-0.15, -0.1) is 11.3 Å². The van der Waals surface area contributed by atoms with Gasteiger partial charge in [-0.2, -0.15) is 0 Å². The monoisotopic (exact) mass is 437 g/mol. The minimum Gasteiger partial charge on any atom is -0.495 e. The fourth-order valence-electron chi connectivity index (χ4n) is 4.96. The molecule has 5 rings (SSSR count). The summed E-state index contributed by atoms with van der Waals surface area (Å²) in [5.41, 5.74) is 1.16. The molecule has 31 heavy (non-hydrogen) atoms. The number of hydrogen-bond donors (Lipinski definition) is 1. The summed E-state index contributed by atoms with van der Waals surface area (Å²) in [6, 6.07) is 9.86. The zero-order valence-corrected chi connectivity index (χ0v) is 18.9. The van der Waals surface area contributed by atoms with E-state index in [9.17, 15) is 9.59 Å². The molecule has 0 bridgehead atoms. The number of ether oxygens (including phenoxy) is 1. The first-order chi connectivity index (χ1) is 14.9. The normalized spacial score (nSPS) is 21.5. The predicted molar refractivity (Wildman–Crippen MR) is 123 cm³/mol. The van der Waals surface area contributed by atoms with Gasteiger partial charge in [0.15, 0.2) is 0 Å².